The van der Waals surface area contributed by atoms with Crippen molar-refractivity contribution in [3.63, 3.8) is 0 Å². The van der Waals surface area contributed by atoms with Gasteiger partial charge in [0, 0.05) is 12.2 Å². The zero-order valence-electron chi connectivity index (χ0n) is 13.1. The Morgan fingerprint density at radius 1 is 1.24 bits per heavy atom. The Bertz CT molecular complexity index is 667. The predicted molar refractivity (Wildman–Crippen MR) is 81.8 cm³/mol. The highest BCUT2D eigenvalue weighted by molar-refractivity contribution is 7.89. The highest BCUT2D eigenvalue weighted by atomic mass is 32.2. The topological polar surface area (TPSA) is 72.2 Å². The maximum Gasteiger partial charge on any atom is 0.243 e. The Hall–Kier alpha value is -1.14. The molecule has 1 aliphatic rings. The van der Waals surface area contributed by atoms with E-state index in [9.17, 15) is 12.8 Å². The van der Waals surface area contributed by atoms with Crippen LogP contribution in [0.25, 0.3) is 0 Å². The second kappa shape index (κ2) is 4.68. The first-order chi connectivity index (χ1) is 9.41. The molecule has 1 aromatic rings. The summed E-state index contributed by atoms with van der Waals surface area (Å²) < 4.78 is 41.2. The third-order valence-electron chi connectivity index (χ3n) is 5.33. The third-order valence-corrected chi connectivity index (χ3v) is 6.75. The van der Waals surface area contributed by atoms with Crippen LogP contribution in [0, 0.1) is 29.5 Å². The van der Waals surface area contributed by atoms with E-state index < -0.39 is 15.8 Å². The van der Waals surface area contributed by atoms with Crippen LogP contribution in [0.5, 0.6) is 0 Å². The summed E-state index contributed by atoms with van der Waals surface area (Å²) in [6.07, 6.45) is 0. The van der Waals surface area contributed by atoms with Crippen LogP contribution in [0.15, 0.2) is 17.0 Å². The van der Waals surface area contributed by atoms with Gasteiger partial charge in [0.1, 0.15) is 10.7 Å². The Labute approximate surface area is 126 Å². The van der Waals surface area contributed by atoms with Gasteiger partial charge in [0.05, 0.1) is 0 Å². The number of sulfonamides is 1. The maximum atomic E-state index is 14.0. The standard InChI is InChI=1S/C15H23FN2O2S/c1-9-6-10(17)7-11(13(9)16)21(19,20)18-8-12-14(2,3)15(12,4)5/h6-7,12,18H,8,17H2,1-5H3. The monoisotopic (exact) mass is 314 g/mol. The zero-order valence-corrected chi connectivity index (χ0v) is 13.9. The number of aryl methyl sites for hydroxylation is 1. The molecule has 1 saturated carbocycles. The molecule has 0 unspecified atom stereocenters. The molecular formula is C15H23FN2O2S. The van der Waals surface area contributed by atoms with E-state index in [0.717, 1.165) is 6.07 Å². The lowest BCUT2D eigenvalue weighted by atomic mass is 10.0. The van der Waals surface area contributed by atoms with Gasteiger partial charge in [-0.2, -0.15) is 0 Å². The van der Waals surface area contributed by atoms with Crippen molar-refractivity contribution in [3.05, 3.63) is 23.5 Å². The average Bonchev–Trinajstić information content (AvgIpc) is 2.71. The first-order valence-corrected chi connectivity index (χ1v) is 8.45. The molecule has 3 N–H and O–H groups in total. The maximum absolute atomic E-state index is 14.0. The number of anilines is 1. The van der Waals surface area contributed by atoms with E-state index in [0.29, 0.717) is 6.54 Å². The molecule has 1 fully saturated rings. The van der Waals surface area contributed by atoms with Crippen LogP contribution >= 0.6 is 0 Å². The number of benzene rings is 1. The predicted octanol–water partition coefficient (Wildman–Crippen LogP) is 2.68. The summed E-state index contributed by atoms with van der Waals surface area (Å²) in [5, 5.41) is 0. The molecule has 0 heterocycles. The summed E-state index contributed by atoms with van der Waals surface area (Å²) in [5.74, 6) is -0.518. The molecule has 0 saturated heterocycles. The van der Waals surface area contributed by atoms with Crippen LogP contribution in [0.2, 0.25) is 0 Å². The van der Waals surface area contributed by atoms with Gasteiger partial charge in [-0.15, -0.1) is 0 Å². The largest absolute Gasteiger partial charge is 0.399 e. The number of hydrogen-bond acceptors (Lipinski definition) is 3. The highest BCUT2D eigenvalue weighted by Gasteiger charge is 2.64. The van der Waals surface area contributed by atoms with Crippen LogP contribution < -0.4 is 10.5 Å². The van der Waals surface area contributed by atoms with Gasteiger partial charge in [0.25, 0.3) is 0 Å². The van der Waals surface area contributed by atoms with Gasteiger partial charge >= 0.3 is 0 Å². The fourth-order valence-electron chi connectivity index (χ4n) is 3.07. The highest BCUT2D eigenvalue weighted by Crippen LogP contribution is 2.67. The number of nitrogen functional groups attached to an aromatic ring is 1. The summed E-state index contributed by atoms with van der Waals surface area (Å²) in [5.41, 5.74) is 6.22. The van der Waals surface area contributed by atoms with E-state index in [-0.39, 0.29) is 32.9 Å². The van der Waals surface area contributed by atoms with E-state index in [1.165, 1.54) is 13.0 Å². The minimum absolute atomic E-state index is 0.0691. The summed E-state index contributed by atoms with van der Waals surface area (Å²) in [4.78, 5) is -0.378. The van der Waals surface area contributed by atoms with Crippen molar-refractivity contribution in [1.82, 2.24) is 4.72 Å². The van der Waals surface area contributed by atoms with Gasteiger partial charge in [-0.3, -0.25) is 0 Å². The first-order valence-electron chi connectivity index (χ1n) is 6.96. The van der Waals surface area contributed by atoms with Gasteiger partial charge in [0.2, 0.25) is 10.0 Å². The molecule has 0 amide bonds. The Morgan fingerprint density at radius 3 is 2.24 bits per heavy atom. The molecule has 1 aromatic carbocycles. The average molecular weight is 314 g/mol. The summed E-state index contributed by atoms with van der Waals surface area (Å²) in [6.45, 7) is 10.2. The normalized spacial score (nSPS) is 20.5. The van der Waals surface area contributed by atoms with Crippen LogP contribution in [-0.2, 0) is 10.0 Å². The Morgan fingerprint density at radius 2 is 1.76 bits per heavy atom. The van der Waals surface area contributed by atoms with Gasteiger partial charge in [-0.25, -0.2) is 17.5 Å². The SMILES string of the molecule is Cc1cc(N)cc(S(=O)(=O)NCC2C(C)(C)C2(C)C)c1F. The van der Waals surface area contributed by atoms with Crippen molar-refractivity contribution < 1.29 is 12.8 Å². The molecule has 2 rings (SSSR count). The molecular weight excluding hydrogens is 291 g/mol. The summed E-state index contributed by atoms with van der Waals surface area (Å²) >= 11 is 0. The summed E-state index contributed by atoms with van der Waals surface area (Å²) in [6, 6.07) is 2.58. The van der Waals surface area contributed by atoms with Crippen molar-refractivity contribution in [1.29, 1.82) is 0 Å². The van der Waals surface area contributed by atoms with Gasteiger partial charge in [0.15, 0.2) is 0 Å². The Kier molecular flexibility index (Phi) is 3.62. The van der Waals surface area contributed by atoms with Crippen molar-refractivity contribution in [2.24, 2.45) is 16.7 Å². The van der Waals surface area contributed by atoms with Crippen molar-refractivity contribution in [2.45, 2.75) is 39.5 Å². The third kappa shape index (κ3) is 2.55. The fraction of sp³-hybridized carbons (Fsp3) is 0.600. The molecule has 21 heavy (non-hydrogen) atoms. The number of rotatable bonds is 4. The van der Waals surface area contributed by atoms with Crippen LogP contribution in [0.3, 0.4) is 0 Å². The smallest absolute Gasteiger partial charge is 0.243 e. The number of nitrogens with one attached hydrogen (secondary N) is 1. The molecule has 0 aromatic heterocycles. The fourth-order valence-corrected chi connectivity index (χ4v) is 4.30. The lowest BCUT2D eigenvalue weighted by Gasteiger charge is -2.11. The zero-order chi connectivity index (χ0) is 16.2. The molecule has 0 aliphatic heterocycles. The van der Waals surface area contributed by atoms with E-state index in [1.807, 2.05) is 0 Å². The number of halogens is 1. The molecule has 0 spiro atoms. The molecule has 0 atom stereocenters. The first kappa shape index (κ1) is 16.2. The minimum Gasteiger partial charge on any atom is -0.399 e. The number of hydrogen-bond donors (Lipinski definition) is 2. The second-order valence-corrected chi connectivity index (χ2v) is 8.73. The van der Waals surface area contributed by atoms with Crippen LogP contribution in [-0.4, -0.2) is 15.0 Å². The molecule has 118 valence electrons. The van der Waals surface area contributed by atoms with E-state index in [1.54, 1.807) is 0 Å². The lowest BCUT2D eigenvalue weighted by Crippen LogP contribution is -2.28. The van der Waals surface area contributed by atoms with E-state index >= 15 is 0 Å². The molecule has 0 radical (unpaired) electrons. The lowest BCUT2D eigenvalue weighted by molar-refractivity contribution is 0.457. The second-order valence-electron chi connectivity index (χ2n) is 7.00. The quantitative estimate of drug-likeness (QED) is 0.839. The minimum atomic E-state index is -3.90. The number of nitrogens with two attached hydrogens (primary N) is 1. The van der Waals surface area contributed by atoms with Gasteiger partial charge < -0.3 is 5.73 Å². The van der Waals surface area contributed by atoms with Crippen molar-refractivity contribution in [2.75, 3.05) is 12.3 Å². The van der Waals surface area contributed by atoms with Gasteiger partial charge in [-0.05, 0) is 41.4 Å². The van der Waals surface area contributed by atoms with E-state index in [4.69, 9.17) is 5.73 Å². The van der Waals surface area contributed by atoms with Crippen molar-refractivity contribution in [3.8, 4) is 0 Å². The van der Waals surface area contributed by atoms with E-state index in [2.05, 4.69) is 32.4 Å². The Balaban J connectivity index is 2.22. The molecule has 6 heteroatoms. The van der Waals surface area contributed by atoms with Gasteiger partial charge in [-0.1, -0.05) is 27.7 Å². The molecule has 0 bridgehead atoms. The molecule has 1 aliphatic carbocycles. The van der Waals surface area contributed by atoms with Crippen LogP contribution in [0.1, 0.15) is 33.3 Å². The summed E-state index contributed by atoms with van der Waals surface area (Å²) in [7, 11) is -3.90. The molecule has 4 nitrogen and oxygen atoms in total. The van der Waals surface area contributed by atoms with Crippen molar-refractivity contribution >= 4 is 15.7 Å². The van der Waals surface area contributed by atoms with Crippen LogP contribution in [0.4, 0.5) is 10.1 Å².